The molecule has 0 unspecified atom stereocenters. The summed E-state index contributed by atoms with van der Waals surface area (Å²) in [7, 11) is -2.15. The van der Waals surface area contributed by atoms with E-state index in [1.54, 1.807) is 65.3 Å². The number of H-pyrrole nitrogens is 1. The van der Waals surface area contributed by atoms with Crippen LogP contribution in [0.3, 0.4) is 0 Å². The lowest BCUT2D eigenvalue weighted by atomic mass is 9.82. The molecule has 78 heavy (non-hydrogen) atoms. The van der Waals surface area contributed by atoms with Gasteiger partial charge in [-0.25, -0.2) is 28.4 Å². The molecule has 3 aromatic heterocycles. The minimum absolute atomic E-state index is 0.0675. The fraction of sp³-hybridized carbons (Fsp3) is 0.526. The zero-order chi connectivity index (χ0) is 55.4. The smallest absolute Gasteiger partial charge is 0.246 e. The number of anilines is 3. The van der Waals surface area contributed by atoms with Gasteiger partial charge in [0.1, 0.15) is 46.5 Å². The van der Waals surface area contributed by atoms with Gasteiger partial charge in [-0.15, -0.1) is 0 Å². The summed E-state index contributed by atoms with van der Waals surface area (Å²) in [6, 6.07) is 8.39. The number of aromatic nitrogens is 6. The maximum absolute atomic E-state index is 14.9. The Balaban J connectivity index is 0.832. The van der Waals surface area contributed by atoms with Gasteiger partial charge in [0.15, 0.2) is 27.7 Å². The topological polar surface area (TPSA) is 256 Å². The molecule has 4 aliphatic rings. The molecule has 3 fully saturated rings. The van der Waals surface area contributed by atoms with Crippen molar-refractivity contribution in [2.45, 2.75) is 152 Å². The third-order valence-corrected chi connectivity index (χ3v) is 18.7. The Morgan fingerprint density at radius 2 is 1.72 bits per heavy atom. The fourth-order valence-electron chi connectivity index (χ4n) is 11.1. The number of likely N-dealkylation sites (tertiary alicyclic amines) is 1. The van der Waals surface area contributed by atoms with Crippen molar-refractivity contribution in [3.63, 3.8) is 0 Å². The van der Waals surface area contributed by atoms with Gasteiger partial charge in [-0.05, 0) is 123 Å². The molecule has 5 atom stereocenters. The number of aldehydes is 1. The van der Waals surface area contributed by atoms with E-state index in [0.29, 0.717) is 58.7 Å². The molecular formula is C57H74N12O8S. The molecule has 21 heteroatoms. The van der Waals surface area contributed by atoms with Crippen molar-refractivity contribution in [3.05, 3.63) is 89.7 Å². The summed E-state index contributed by atoms with van der Waals surface area (Å²) in [4.78, 5) is 77.9. The van der Waals surface area contributed by atoms with Crippen LogP contribution in [0, 0.1) is 25.7 Å². The van der Waals surface area contributed by atoms with Crippen molar-refractivity contribution < 1.29 is 37.1 Å². The van der Waals surface area contributed by atoms with Crippen molar-refractivity contribution in [2.75, 3.05) is 43.5 Å². The van der Waals surface area contributed by atoms with Gasteiger partial charge in [0.2, 0.25) is 23.7 Å². The number of likely N-dealkylation sites (N-methyl/N-ethyl adjacent to an activating group) is 1. The van der Waals surface area contributed by atoms with Crippen molar-refractivity contribution in [3.8, 4) is 11.5 Å². The summed E-state index contributed by atoms with van der Waals surface area (Å²) in [5, 5.41) is 20.1. The van der Waals surface area contributed by atoms with E-state index in [-0.39, 0.29) is 41.3 Å². The number of sulfone groups is 1. The van der Waals surface area contributed by atoms with E-state index in [0.717, 1.165) is 94.0 Å². The second kappa shape index (κ2) is 23.5. The number of hydrogen-bond donors (Lipinski definition) is 5. The van der Waals surface area contributed by atoms with Crippen LogP contribution in [-0.4, -0.2) is 130 Å². The maximum Gasteiger partial charge on any atom is 0.246 e. The summed E-state index contributed by atoms with van der Waals surface area (Å²) in [6.07, 6.45) is 17.0. The molecule has 3 amide bonds. The molecule has 5 heterocycles. The molecular weight excluding hydrogens is 1010 g/mol. The largest absolute Gasteiger partial charge is 0.492 e. The van der Waals surface area contributed by atoms with E-state index in [4.69, 9.17) is 19.4 Å². The van der Waals surface area contributed by atoms with Gasteiger partial charge in [0, 0.05) is 42.2 Å². The van der Waals surface area contributed by atoms with Gasteiger partial charge < -0.3 is 40.5 Å². The predicted octanol–water partition coefficient (Wildman–Crippen LogP) is 6.50. The molecule has 20 nitrogen and oxygen atoms in total. The zero-order valence-electron chi connectivity index (χ0n) is 45.8. The Bertz CT molecular complexity index is 3130. The number of ether oxygens (including phenoxy) is 2. The number of hydrogen-bond acceptors (Lipinski definition) is 16. The molecule has 2 aliphatic carbocycles. The number of aryl methyl sites for hydroxylation is 1. The Labute approximate surface area is 456 Å². The number of carbonyl (C=O) groups excluding carboxylic acids is 4. The van der Waals surface area contributed by atoms with Gasteiger partial charge in [-0.3, -0.25) is 24.3 Å². The third-order valence-electron chi connectivity index (χ3n) is 16.2. The van der Waals surface area contributed by atoms with Crippen LogP contribution in [0.5, 0.6) is 11.5 Å². The van der Waals surface area contributed by atoms with Gasteiger partial charge in [-0.2, -0.15) is 5.10 Å². The van der Waals surface area contributed by atoms with Gasteiger partial charge in [0.05, 0.1) is 41.9 Å². The average Bonchev–Trinajstić information content (AvgIpc) is 4.12. The van der Waals surface area contributed by atoms with E-state index in [2.05, 4.69) is 46.3 Å². The van der Waals surface area contributed by atoms with E-state index >= 15 is 0 Å². The number of piperidine rings is 1. The molecule has 0 radical (unpaired) electrons. The first-order valence-corrected chi connectivity index (χ1v) is 28.9. The number of nitrogens with one attached hydrogen (secondary N) is 5. The zero-order valence-corrected chi connectivity index (χ0v) is 46.6. The third kappa shape index (κ3) is 11.9. The maximum atomic E-state index is 14.9. The molecule has 5 N–H and O–H groups in total. The number of amides is 3. The summed E-state index contributed by atoms with van der Waals surface area (Å²) < 4.78 is 39.7. The normalized spacial score (nSPS) is 20.9. The highest BCUT2D eigenvalue weighted by Crippen LogP contribution is 2.39. The molecule has 2 aromatic carbocycles. The minimum Gasteiger partial charge on any atom is -0.492 e. The second-order valence-corrected chi connectivity index (χ2v) is 25.0. The Morgan fingerprint density at radius 3 is 2.41 bits per heavy atom. The van der Waals surface area contributed by atoms with Gasteiger partial charge >= 0.3 is 0 Å². The van der Waals surface area contributed by atoms with Crippen LogP contribution in [0.15, 0.2) is 72.2 Å². The summed E-state index contributed by atoms with van der Waals surface area (Å²) in [5.41, 5.74) is 2.55. The monoisotopic (exact) mass is 1090 g/mol. The van der Waals surface area contributed by atoms with Crippen LogP contribution >= 0.6 is 0 Å². The lowest BCUT2D eigenvalue weighted by Crippen LogP contribution is -2.59. The summed E-state index contributed by atoms with van der Waals surface area (Å²) in [5.74, 6) is 1.39. The quantitative estimate of drug-likeness (QED) is 0.0336. The Morgan fingerprint density at radius 1 is 0.974 bits per heavy atom. The molecule has 0 bridgehead atoms. The number of fused-ring (bicyclic) bond motifs is 2. The Hall–Kier alpha value is -7.00. The standard InChI is InChI=1S/C57H74N12O8S/c1-35-36(2)66-67-50(35)64-51-43-28-48(78(74,75)56(4,5)6)47(29-45(43)61-34-62-51)76-26-14-15-38-21-24-68(25-22-38)55-59-30-42(31-60-55)77-41-27-46(53(72)65-57(33-70)23-13-19-39-16-11-12-20-44(39)57)69(32-41)54(73)49(40-17-9-8-10-18-40)63-52(71)37(3)58-7/h11-13,16,20,23,28-31,33-34,37-38,40-41,46,49,58H,8-10,14-15,17-19,21-22,24-27,32H2,1-7H3,(H,63,71)(H,65,72)(H2,61,62,64,66,67)/t37-,41-,46-,49-,57-/m0/s1. The van der Waals surface area contributed by atoms with E-state index in [9.17, 15) is 27.6 Å². The highest BCUT2D eigenvalue weighted by Gasteiger charge is 2.47. The highest BCUT2D eigenvalue weighted by molar-refractivity contribution is 7.92. The summed E-state index contributed by atoms with van der Waals surface area (Å²) in [6.45, 7) is 12.5. The summed E-state index contributed by atoms with van der Waals surface area (Å²) >= 11 is 0. The van der Waals surface area contributed by atoms with Gasteiger partial charge in [-0.1, -0.05) is 55.7 Å². The van der Waals surface area contributed by atoms with Crippen LogP contribution < -0.4 is 35.6 Å². The first kappa shape index (κ1) is 55.7. The van der Waals surface area contributed by atoms with Crippen molar-refractivity contribution >= 4 is 62.3 Å². The minimum atomic E-state index is -3.84. The van der Waals surface area contributed by atoms with Crippen molar-refractivity contribution in [2.24, 2.45) is 11.8 Å². The number of nitrogens with zero attached hydrogens (tertiary/aromatic N) is 7. The number of benzene rings is 2. The predicted molar refractivity (Wildman–Crippen MR) is 296 cm³/mol. The van der Waals surface area contributed by atoms with E-state index in [1.807, 2.05) is 44.2 Å². The second-order valence-electron chi connectivity index (χ2n) is 22.4. The number of allylic oxidation sites excluding steroid dienone is 1. The lowest BCUT2D eigenvalue weighted by molar-refractivity contribution is -0.144. The number of rotatable bonds is 19. The Kier molecular flexibility index (Phi) is 16.8. The molecule has 9 rings (SSSR count). The number of aromatic amines is 1. The number of carbonyl (C=O) groups is 4. The van der Waals surface area contributed by atoms with Crippen LogP contribution in [0.25, 0.3) is 10.9 Å². The average molecular weight is 1090 g/mol. The lowest BCUT2D eigenvalue weighted by Gasteiger charge is -2.36. The SMILES string of the molecule is CN[C@@H](C)C(=O)N[C@H](C(=O)N1C[C@@H](Oc2cnc(N3CCC(CCCOc4cc5ncnc(Nc6n[nH]c(C)c6C)c5cc4S(=O)(=O)C(C)(C)C)CC3)nc2)C[C@H]1C(=O)N[C@]1(C=O)C=CCc2ccccc21)C1CCCCC1. The van der Waals surface area contributed by atoms with Gasteiger partial charge in [0.25, 0.3) is 0 Å². The molecule has 0 spiro atoms. The molecule has 1 saturated carbocycles. The molecule has 2 saturated heterocycles. The molecule has 5 aromatic rings. The molecule has 416 valence electrons. The van der Waals surface area contributed by atoms with Crippen LogP contribution in [0.1, 0.15) is 114 Å². The van der Waals surface area contributed by atoms with Crippen LogP contribution in [0.2, 0.25) is 0 Å². The van der Waals surface area contributed by atoms with E-state index in [1.165, 1.54) is 11.2 Å². The van der Waals surface area contributed by atoms with Crippen LogP contribution in [-0.2, 0) is 41.0 Å². The van der Waals surface area contributed by atoms with Crippen molar-refractivity contribution in [1.82, 2.24) is 51.0 Å². The van der Waals surface area contributed by atoms with Crippen molar-refractivity contribution in [1.29, 1.82) is 0 Å². The molecule has 2 aliphatic heterocycles. The van der Waals surface area contributed by atoms with E-state index < -0.39 is 50.3 Å². The highest BCUT2D eigenvalue weighted by atomic mass is 32.2. The fourth-order valence-corrected chi connectivity index (χ4v) is 12.5. The first-order valence-electron chi connectivity index (χ1n) is 27.4. The van der Waals surface area contributed by atoms with Crippen LogP contribution in [0.4, 0.5) is 17.6 Å². The first-order chi connectivity index (χ1) is 37.4.